The first-order valence-electron chi connectivity index (χ1n) is 6.39. The van der Waals surface area contributed by atoms with E-state index >= 15 is 0 Å². The summed E-state index contributed by atoms with van der Waals surface area (Å²) >= 11 is 0. The standard InChI is InChI=1S/C15H23NO/c1-12-10-8-6-4-5-7-9-11-15(16-17)14(3)13(12)2/h6,8,10,17H,4-5,7,9,11H2,1-3H3/b8-6+,12-10?,14-13?,16-15-. The average molecular weight is 233 g/mol. The van der Waals surface area contributed by atoms with E-state index in [9.17, 15) is 0 Å². The van der Waals surface area contributed by atoms with Gasteiger partial charge in [0.15, 0.2) is 0 Å². The lowest BCUT2D eigenvalue weighted by Crippen LogP contribution is -2.04. The van der Waals surface area contributed by atoms with E-state index in [2.05, 4.69) is 37.2 Å². The molecule has 0 bridgehead atoms. The summed E-state index contributed by atoms with van der Waals surface area (Å²) in [7, 11) is 0. The molecule has 0 aromatic carbocycles. The van der Waals surface area contributed by atoms with Gasteiger partial charge in [-0.2, -0.15) is 0 Å². The predicted molar refractivity (Wildman–Crippen MR) is 73.6 cm³/mol. The van der Waals surface area contributed by atoms with E-state index in [1.165, 1.54) is 24.0 Å². The van der Waals surface area contributed by atoms with Gasteiger partial charge in [0.2, 0.25) is 0 Å². The maximum Gasteiger partial charge on any atom is 0.0827 e. The van der Waals surface area contributed by atoms with Crippen LogP contribution in [0.4, 0.5) is 0 Å². The SMILES string of the molecule is CC1=C/C=C/CCCCC/C(=N/O)C(C)=C1C. The summed E-state index contributed by atoms with van der Waals surface area (Å²) in [5, 5.41) is 12.5. The van der Waals surface area contributed by atoms with Crippen LogP contribution in [0.5, 0.6) is 0 Å². The van der Waals surface area contributed by atoms with Gasteiger partial charge in [0.1, 0.15) is 0 Å². The summed E-state index contributed by atoms with van der Waals surface area (Å²) in [5.41, 5.74) is 4.39. The van der Waals surface area contributed by atoms with Gasteiger partial charge in [-0.3, -0.25) is 0 Å². The molecule has 1 N–H and O–H groups in total. The van der Waals surface area contributed by atoms with Crippen molar-refractivity contribution in [2.75, 3.05) is 0 Å². The van der Waals surface area contributed by atoms with Crippen molar-refractivity contribution < 1.29 is 5.21 Å². The second-order valence-corrected chi connectivity index (χ2v) is 4.67. The fourth-order valence-corrected chi connectivity index (χ4v) is 1.99. The maximum absolute atomic E-state index is 9.09. The van der Waals surface area contributed by atoms with Gasteiger partial charge in [-0.05, 0) is 63.2 Å². The van der Waals surface area contributed by atoms with Crippen LogP contribution in [-0.4, -0.2) is 10.9 Å². The number of allylic oxidation sites excluding steroid dienone is 6. The highest BCUT2D eigenvalue weighted by Gasteiger charge is 2.08. The lowest BCUT2D eigenvalue weighted by molar-refractivity contribution is 0.317. The highest BCUT2D eigenvalue weighted by molar-refractivity contribution is 6.00. The van der Waals surface area contributed by atoms with E-state index in [0.717, 1.165) is 30.5 Å². The first-order chi connectivity index (χ1) is 8.16. The van der Waals surface area contributed by atoms with Crippen LogP contribution >= 0.6 is 0 Å². The molecular weight excluding hydrogens is 210 g/mol. The molecule has 1 aliphatic rings. The van der Waals surface area contributed by atoms with Gasteiger partial charge < -0.3 is 5.21 Å². The fraction of sp³-hybridized carbons (Fsp3) is 0.533. The quantitative estimate of drug-likeness (QED) is 0.480. The summed E-state index contributed by atoms with van der Waals surface area (Å²) in [6.45, 7) is 6.23. The Morgan fingerprint density at radius 2 is 1.82 bits per heavy atom. The fourth-order valence-electron chi connectivity index (χ4n) is 1.99. The smallest absolute Gasteiger partial charge is 0.0827 e. The Labute approximate surface area is 104 Å². The molecule has 0 saturated heterocycles. The van der Waals surface area contributed by atoms with E-state index < -0.39 is 0 Å². The molecule has 1 rings (SSSR count). The largest absolute Gasteiger partial charge is 0.411 e. The second-order valence-electron chi connectivity index (χ2n) is 4.67. The van der Waals surface area contributed by atoms with Gasteiger partial charge >= 0.3 is 0 Å². The van der Waals surface area contributed by atoms with E-state index in [1.54, 1.807) is 0 Å². The molecule has 0 amide bonds. The zero-order valence-corrected chi connectivity index (χ0v) is 11.2. The summed E-state index contributed by atoms with van der Waals surface area (Å²) in [5.74, 6) is 0. The molecule has 0 atom stereocenters. The Kier molecular flexibility index (Phi) is 5.75. The Hall–Kier alpha value is -1.31. The van der Waals surface area contributed by atoms with Crippen LogP contribution in [0.2, 0.25) is 0 Å². The topological polar surface area (TPSA) is 32.6 Å². The van der Waals surface area contributed by atoms with E-state index in [4.69, 9.17) is 5.21 Å². The third-order valence-electron chi connectivity index (χ3n) is 3.47. The van der Waals surface area contributed by atoms with Crippen LogP contribution < -0.4 is 0 Å². The molecule has 2 nitrogen and oxygen atoms in total. The van der Waals surface area contributed by atoms with Crippen molar-refractivity contribution in [3.8, 4) is 0 Å². The molecule has 0 aromatic rings. The van der Waals surface area contributed by atoms with Gasteiger partial charge in [-0.1, -0.05) is 29.8 Å². The number of nitrogens with zero attached hydrogens (tertiary/aromatic N) is 1. The minimum Gasteiger partial charge on any atom is -0.411 e. The molecule has 0 saturated carbocycles. The monoisotopic (exact) mass is 233 g/mol. The van der Waals surface area contributed by atoms with E-state index in [1.807, 2.05) is 6.92 Å². The number of hydrogen-bond acceptors (Lipinski definition) is 2. The Morgan fingerprint density at radius 1 is 1.06 bits per heavy atom. The first kappa shape index (κ1) is 13.8. The summed E-state index contributed by atoms with van der Waals surface area (Å²) in [4.78, 5) is 0. The van der Waals surface area contributed by atoms with Crippen LogP contribution in [0.15, 0.2) is 40.1 Å². The zero-order valence-electron chi connectivity index (χ0n) is 11.2. The molecule has 94 valence electrons. The van der Waals surface area contributed by atoms with Crippen molar-refractivity contribution in [3.63, 3.8) is 0 Å². The minimum absolute atomic E-state index is 0.833. The maximum atomic E-state index is 9.09. The van der Waals surface area contributed by atoms with Crippen molar-refractivity contribution in [2.45, 2.75) is 52.9 Å². The number of oxime groups is 1. The van der Waals surface area contributed by atoms with Gasteiger partial charge in [0.25, 0.3) is 0 Å². The molecule has 17 heavy (non-hydrogen) atoms. The van der Waals surface area contributed by atoms with Crippen molar-refractivity contribution >= 4 is 5.71 Å². The third kappa shape index (κ3) is 4.22. The van der Waals surface area contributed by atoms with Gasteiger partial charge in [0, 0.05) is 0 Å². The molecule has 0 radical (unpaired) electrons. The Bertz CT molecular complexity index is 362. The number of rotatable bonds is 0. The Morgan fingerprint density at radius 3 is 2.53 bits per heavy atom. The van der Waals surface area contributed by atoms with Crippen LogP contribution in [0.1, 0.15) is 52.9 Å². The third-order valence-corrected chi connectivity index (χ3v) is 3.47. The molecule has 1 aliphatic carbocycles. The van der Waals surface area contributed by atoms with Gasteiger partial charge in [0.05, 0.1) is 5.71 Å². The van der Waals surface area contributed by atoms with Crippen molar-refractivity contribution in [1.82, 2.24) is 0 Å². The van der Waals surface area contributed by atoms with E-state index in [0.29, 0.717) is 0 Å². The molecule has 0 fully saturated rings. The highest BCUT2D eigenvalue weighted by Crippen LogP contribution is 2.19. The lowest BCUT2D eigenvalue weighted by Gasteiger charge is -2.11. The van der Waals surface area contributed by atoms with Crippen LogP contribution in [0, 0.1) is 0 Å². The molecular formula is C15H23NO. The van der Waals surface area contributed by atoms with Crippen LogP contribution in [-0.2, 0) is 0 Å². The molecule has 0 aliphatic heterocycles. The molecule has 0 unspecified atom stereocenters. The molecule has 0 spiro atoms. The molecule has 0 aromatic heterocycles. The summed E-state index contributed by atoms with van der Waals surface area (Å²) in [6, 6.07) is 0. The van der Waals surface area contributed by atoms with Crippen LogP contribution in [0.3, 0.4) is 0 Å². The zero-order chi connectivity index (χ0) is 12.7. The van der Waals surface area contributed by atoms with Gasteiger partial charge in [-0.25, -0.2) is 0 Å². The van der Waals surface area contributed by atoms with Gasteiger partial charge in [-0.15, -0.1) is 0 Å². The summed E-state index contributed by atoms with van der Waals surface area (Å²) < 4.78 is 0. The average Bonchev–Trinajstić information content (AvgIpc) is 2.34. The lowest BCUT2D eigenvalue weighted by atomic mass is 9.96. The predicted octanol–water partition coefficient (Wildman–Crippen LogP) is 4.62. The van der Waals surface area contributed by atoms with Crippen molar-refractivity contribution in [2.24, 2.45) is 5.16 Å². The normalized spacial score (nSPS) is 23.9. The van der Waals surface area contributed by atoms with Crippen molar-refractivity contribution in [1.29, 1.82) is 0 Å². The first-order valence-corrected chi connectivity index (χ1v) is 6.39. The highest BCUT2D eigenvalue weighted by atomic mass is 16.4. The molecule has 2 heteroatoms. The van der Waals surface area contributed by atoms with E-state index in [-0.39, 0.29) is 0 Å². The Balaban J connectivity index is 3.03. The number of hydrogen-bond donors (Lipinski definition) is 1. The second kappa shape index (κ2) is 7.10. The minimum atomic E-state index is 0.833. The summed E-state index contributed by atoms with van der Waals surface area (Å²) in [6.07, 6.45) is 12.0. The van der Waals surface area contributed by atoms with Crippen molar-refractivity contribution in [3.05, 3.63) is 34.9 Å². The van der Waals surface area contributed by atoms with Crippen LogP contribution in [0.25, 0.3) is 0 Å². The molecule has 0 heterocycles.